The van der Waals surface area contributed by atoms with Crippen LogP contribution in [0.5, 0.6) is 5.75 Å². The van der Waals surface area contributed by atoms with Crippen LogP contribution in [0.25, 0.3) is 11.3 Å². The van der Waals surface area contributed by atoms with Gasteiger partial charge in [-0.2, -0.15) is 0 Å². The molecule has 0 aliphatic heterocycles. The van der Waals surface area contributed by atoms with Gasteiger partial charge in [0.15, 0.2) is 5.13 Å². The molecule has 0 unspecified atom stereocenters. The average Bonchev–Trinajstić information content (AvgIpc) is 2.56. The van der Waals surface area contributed by atoms with Crippen molar-refractivity contribution in [1.82, 2.24) is 4.98 Å². The number of thiazole rings is 1. The van der Waals surface area contributed by atoms with Crippen LogP contribution < -0.4 is 5.73 Å². The van der Waals surface area contributed by atoms with Gasteiger partial charge in [0.25, 0.3) is 0 Å². The van der Waals surface area contributed by atoms with Crippen molar-refractivity contribution < 1.29 is 5.11 Å². The highest BCUT2D eigenvalue weighted by Crippen LogP contribution is 2.32. The minimum Gasteiger partial charge on any atom is -0.507 e. The Kier molecular flexibility index (Phi) is 2.43. The van der Waals surface area contributed by atoms with Crippen molar-refractivity contribution in [2.75, 3.05) is 5.73 Å². The van der Waals surface area contributed by atoms with E-state index in [0.29, 0.717) is 16.4 Å². The van der Waals surface area contributed by atoms with Crippen LogP contribution in [0.1, 0.15) is 0 Å². The zero-order chi connectivity index (χ0) is 10.1. The molecule has 72 valence electrons. The molecule has 3 N–H and O–H groups in total. The van der Waals surface area contributed by atoms with Crippen molar-refractivity contribution in [1.29, 1.82) is 0 Å². The second-order valence-corrected chi connectivity index (χ2v) is 4.54. The Morgan fingerprint density at radius 2 is 2.21 bits per heavy atom. The highest BCUT2D eigenvalue weighted by atomic mass is 79.9. The summed E-state index contributed by atoms with van der Waals surface area (Å²) in [5.74, 6) is 0.207. The summed E-state index contributed by atoms with van der Waals surface area (Å²) in [5, 5.41) is 11.9. The van der Waals surface area contributed by atoms with E-state index in [9.17, 15) is 5.11 Å². The number of phenolic OH excluding ortho intramolecular Hbond substituents is 1. The molecule has 0 amide bonds. The minimum atomic E-state index is 0.207. The van der Waals surface area contributed by atoms with Gasteiger partial charge in [0, 0.05) is 15.4 Å². The Morgan fingerprint density at radius 1 is 1.43 bits per heavy atom. The van der Waals surface area contributed by atoms with Gasteiger partial charge in [0.05, 0.1) is 5.69 Å². The van der Waals surface area contributed by atoms with E-state index < -0.39 is 0 Å². The molecule has 0 radical (unpaired) electrons. The van der Waals surface area contributed by atoms with E-state index in [1.54, 1.807) is 12.1 Å². The Labute approximate surface area is 93.4 Å². The maximum Gasteiger partial charge on any atom is 0.180 e. The normalized spacial score (nSPS) is 10.4. The zero-order valence-electron chi connectivity index (χ0n) is 7.07. The molecule has 14 heavy (non-hydrogen) atoms. The van der Waals surface area contributed by atoms with E-state index in [1.807, 2.05) is 11.4 Å². The summed E-state index contributed by atoms with van der Waals surface area (Å²) in [6.45, 7) is 0. The molecule has 0 fully saturated rings. The van der Waals surface area contributed by atoms with Crippen LogP contribution in [0.2, 0.25) is 0 Å². The summed E-state index contributed by atoms with van der Waals surface area (Å²) in [5.41, 5.74) is 6.91. The van der Waals surface area contributed by atoms with E-state index in [-0.39, 0.29) is 5.75 Å². The number of hydrogen-bond acceptors (Lipinski definition) is 4. The van der Waals surface area contributed by atoms with Gasteiger partial charge < -0.3 is 10.8 Å². The number of benzene rings is 1. The lowest BCUT2D eigenvalue weighted by molar-refractivity contribution is 0.477. The molecular formula is C9H7BrN2OS. The van der Waals surface area contributed by atoms with Crippen LogP contribution in [-0.2, 0) is 0 Å². The molecule has 0 spiro atoms. The molecular weight excluding hydrogens is 264 g/mol. The Bertz CT molecular complexity index is 470. The fourth-order valence-corrected chi connectivity index (χ4v) is 2.05. The lowest BCUT2D eigenvalue weighted by Gasteiger charge is -2.01. The molecule has 1 aromatic carbocycles. The topological polar surface area (TPSA) is 59.1 Å². The predicted octanol–water partition coefficient (Wildman–Crippen LogP) is 2.86. The van der Waals surface area contributed by atoms with Crippen LogP contribution in [0.15, 0.2) is 28.1 Å². The molecule has 1 aromatic heterocycles. The summed E-state index contributed by atoms with van der Waals surface area (Å²) in [7, 11) is 0. The van der Waals surface area contributed by atoms with Gasteiger partial charge in [-0.05, 0) is 18.2 Å². The molecule has 2 rings (SSSR count). The number of rotatable bonds is 1. The monoisotopic (exact) mass is 270 g/mol. The molecule has 0 bridgehead atoms. The third-order valence-corrected chi connectivity index (χ3v) is 2.92. The predicted molar refractivity (Wildman–Crippen MR) is 61.3 cm³/mol. The number of nitrogens with zero attached hydrogens (tertiary/aromatic N) is 1. The van der Waals surface area contributed by atoms with E-state index >= 15 is 0 Å². The maximum absolute atomic E-state index is 9.60. The van der Waals surface area contributed by atoms with Gasteiger partial charge in [-0.25, -0.2) is 4.98 Å². The number of aromatic nitrogens is 1. The van der Waals surface area contributed by atoms with E-state index in [0.717, 1.165) is 4.47 Å². The number of phenols is 1. The van der Waals surface area contributed by atoms with Gasteiger partial charge in [-0.1, -0.05) is 15.9 Å². The first-order chi connectivity index (χ1) is 6.66. The number of nitrogens with two attached hydrogens (primary N) is 1. The average molecular weight is 271 g/mol. The second-order valence-electron chi connectivity index (χ2n) is 2.73. The maximum atomic E-state index is 9.60. The summed E-state index contributed by atoms with van der Waals surface area (Å²) in [4.78, 5) is 4.10. The molecule has 2 aromatic rings. The van der Waals surface area contributed by atoms with Gasteiger partial charge >= 0.3 is 0 Å². The van der Waals surface area contributed by atoms with Gasteiger partial charge in [-0.15, -0.1) is 11.3 Å². The molecule has 0 aliphatic carbocycles. The van der Waals surface area contributed by atoms with Crippen molar-refractivity contribution in [2.45, 2.75) is 0 Å². The van der Waals surface area contributed by atoms with Crippen LogP contribution in [0.4, 0.5) is 5.13 Å². The number of aromatic hydroxyl groups is 1. The lowest BCUT2D eigenvalue weighted by atomic mass is 10.1. The molecule has 0 atom stereocenters. The minimum absolute atomic E-state index is 0.207. The SMILES string of the molecule is Nc1nc(-c2cc(Br)ccc2O)cs1. The van der Waals surface area contributed by atoms with Gasteiger partial charge in [0.1, 0.15) is 5.75 Å². The van der Waals surface area contributed by atoms with Crippen molar-refractivity contribution in [3.05, 3.63) is 28.1 Å². The fourth-order valence-electron chi connectivity index (χ4n) is 1.12. The van der Waals surface area contributed by atoms with E-state index in [1.165, 1.54) is 11.3 Å². The third kappa shape index (κ3) is 1.73. The first-order valence-electron chi connectivity index (χ1n) is 3.87. The fraction of sp³-hybridized carbons (Fsp3) is 0. The lowest BCUT2D eigenvalue weighted by Crippen LogP contribution is -1.83. The first kappa shape index (κ1) is 9.48. The summed E-state index contributed by atoms with van der Waals surface area (Å²) >= 11 is 4.69. The Balaban J connectivity index is 2.55. The third-order valence-electron chi connectivity index (χ3n) is 1.76. The van der Waals surface area contributed by atoms with Crippen molar-refractivity contribution >= 4 is 32.4 Å². The van der Waals surface area contributed by atoms with Crippen molar-refractivity contribution in [3.63, 3.8) is 0 Å². The zero-order valence-corrected chi connectivity index (χ0v) is 9.47. The standard InChI is InChI=1S/C9H7BrN2OS/c10-5-1-2-8(13)6(3-5)7-4-14-9(11)12-7/h1-4,13H,(H2,11,12). The molecule has 3 nitrogen and oxygen atoms in total. The Hall–Kier alpha value is -1.07. The highest BCUT2D eigenvalue weighted by molar-refractivity contribution is 9.10. The van der Waals surface area contributed by atoms with Gasteiger partial charge in [-0.3, -0.25) is 0 Å². The summed E-state index contributed by atoms with van der Waals surface area (Å²) < 4.78 is 0.900. The van der Waals surface area contributed by atoms with Crippen LogP contribution >= 0.6 is 27.3 Å². The molecule has 0 aliphatic rings. The van der Waals surface area contributed by atoms with Crippen molar-refractivity contribution in [2.24, 2.45) is 0 Å². The van der Waals surface area contributed by atoms with E-state index in [2.05, 4.69) is 20.9 Å². The number of nitrogen functional groups attached to an aromatic ring is 1. The highest BCUT2D eigenvalue weighted by Gasteiger charge is 2.07. The molecule has 0 saturated heterocycles. The number of anilines is 1. The molecule has 5 heteroatoms. The van der Waals surface area contributed by atoms with Crippen LogP contribution in [0, 0.1) is 0 Å². The van der Waals surface area contributed by atoms with E-state index in [4.69, 9.17) is 5.73 Å². The Morgan fingerprint density at radius 3 is 2.86 bits per heavy atom. The van der Waals surface area contributed by atoms with Crippen molar-refractivity contribution in [3.8, 4) is 17.0 Å². The van der Waals surface area contributed by atoms with Crippen LogP contribution in [-0.4, -0.2) is 10.1 Å². The molecule has 1 heterocycles. The smallest absolute Gasteiger partial charge is 0.180 e. The van der Waals surface area contributed by atoms with Gasteiger partial charge in [0.2, 0.25) is 0 Å². The first-order valence-corrected chi connectivity index (χ1v) is 5.54. The summed E-state index contributed by atoms with van der Waals surface area (Å²) in [6.07, 6.45) is 0. The van der Waals surface area contributed by atoms with Crippen LogP contribution in [0.3, 0.4) is 0 Å². The second kappa shape index (κ2) is 3.59. The molecule has 0 saturated carbocycles. The largest absolute Gasteiger partial charge is 0.507 e. The number of hydrogen-bond donors (Lipinski definition) is 2. The quantitative estimate of drug-likeness (QED) is 0.838. The number of halogens is 1. The summed E-state index contributed by atoms with van der Waals surface area (Å²) in [6, 6.07) is 5.20.